The predicted molar refractivity (Wildman–Crippen MR) is 274 cm³/mol. The molecule has 0 spiro atoms. The molecule has 19 heteroatoms. The van der Waals surface area contributed by atoms with Gasteiger partial charge in [0.2, 0.25) is 0 Å². The fourth-order valence-corrected chi connectivity index (χ4v) is 7.18. The molecule has 2 radical (unpaired) electrons. The van der Waals surface area contributed by atoms with Gasteiger partial charge >= 0.3 is 0 Å². The number of anilines is 4. The Morgan fingerprint density at radius 3 is 1.54 bits per heavy atom. The van der Waals surface area contributed by atoms with E-state index in [-0.39, 0.29) is 78.9 Å². The van der Waals surface area contributed by atoms with Gasteiger partial charge in [0, 0.05) is 95.4 Å². The minimum atomic E-state index is 0. The molecule has 0 aliphatic rings. The number of rotatable bonds is 7. The molecule has 0 aliphatic carbocycles. The first kappa shape index (κ1) is 61.8. The molecule has 8 rings (SSSR count). The summed E-state index contributed by atoms with van der Waals surface area (Å²) in [6, 6.07) is 2.62. The van der Waals surface area contributed by atoms with Crippen molar-refractivity contribution in [2.45, 2.75) is 167 Å². The van der Waals surface area contributed by atoms with Crippen LogP contribution in [0.5, 0.6) is 0 Å². The maximum atomic E-state index is 5.92. The van der Waals surface area contributed by atoms with Gasteiger partial charge in [0.05, 0.1) is 16.9 Å². The molecule has 8 aromatic heterocycles. The van der Waals surface area contributed by atoms with Crippen molar-refractivity contribution in [1.29, 1.82) is 0 Å². The van der Waals surface area contributed by atoms with Gasteiger partial charge in [-0.1, -0.05) is 115 Å². The van der Waals surface area contributed by atoms with Gasteiger partial charge in [0.1, 0.15) is 36.1 Å². The number of nitrogen functional groups attached to an aromatic ring is 4. The SMILES string of the molecule is C.CC(C)C.CC(C)c1[c-]n(C(C)C)c2ncnc(N)c12.CC(C)c1[n-]c2ncnc(N)c2c1C(C)C.CC(C)c1ccn2ncnc(N)c12.CC(C)c1nn(C(C)C)c2ncnc(N)c12.[Y].[Y]. The Kier molecular flexibility index (Phi) is 24.8. The van der Waals surface area contributed by atoms with Crippen LogP contribution in [0.15, 0.2) is 37.6 Å². The zero-order chi connectivity index (χ0) is 48.6. The minimum absolute atomic E-state index is 0. The summed E-state index contributed by atoms with van der Waals surface area (Å²) in [6.45, 7) is 36.1. The van der Waals surface area contributed by atoms with E-state index in [0.29, 0.717) is 58.9 Å². The van der Waals surface area contributed by atoms with E-state index in [4.69, 9.17) is 22.9 Å². The van der Waals surface area contributed by atoms with Crippen LogP contribution in [-0.2, 0) is 65.4 Å². The molecule has 8 aromatic rings. The Morgan fingerprint density at radius 1 is 0.544 bits per heavy atom. The molecule has 8 N–H and O–H groups in total. The largest absolute Gasteiger partial charge is 0.447 e. The van der Waals surface area contributed by atoms with Crippen molar-refractivity contribution in [3.05, 3.63) is 71.8 Å². The van der Waals surface area contributed by atoms with E-state index >= 15 is 0 Å². The molecule has 366 valence electrons. The fourth-order valence-electron chi connectivity index (χ4n) is 7.18. The summed E-state index contributed by atoms with van der Waals surface area (Å²) in [5, 5.41) is 11.4. The van der Waals surface area contributed by atoms with Crippen LogP contribution in [0.25, 0.3) is 38.6 Å². The van der Waals surface area contributed by atoms with Crippen molar-refractivity contribution in [3.63, 3.8) is 0 Å². The Labute approximate surface area is 454 Å². The van der Waals surface area contributed by atoms with Crippen LogP contribution < -0.4 is 27.9 Å². The number of fused-ring (bicyclic) bond motifs is 4. The average Bonchev–Trinajstić information content (AvgIpc) is 4.01. The van der Waals surface area contributed by atoms with Crippen LogP contribution in [-0.4, -0.2) is 58.8 Å². The molecule has 68 heavy (non-hydrogen) atoms. The Morgan fingerprint density at radius 2 is 1.06 bits per heavy atom. The van der Waals surface area contributed by atoms with E-state index in [0.717, 1.165) is 61.5 Å². The van der Waals surface area contributed by atoms with Gasteiger partial charge in [0.25, 0.3) is 0 Å². The van der Waals surface area contributed by atoms with Crippen molar-refractivity contribution in [3.8, 4) is 0 Å². The molecule has 0 bridgehead atoms. The summed E-state index contributed by atoms with van der Waals surface area (Å²) < 4.78 is 5.70. The van der Waals surface area contributed by atoms with Gasteiger partial charge in [-0.25, -0.2) is 34.1 Å². The third kappa shape index (κ3) is 14.7. The van der Waals surface area contributed by atoms with Crippen molar-refractivity contribution in [1.82, 2.24) is 63.8 Å². The standard InChI is InChI=1S/2C12H17N4.C11H17N5.C9H12N4.C4H10.CH4.2Y/c1-7(2)9-5-16(8(3)4)12-10(9)11(13)14-6-15-12;1-6(2)8-9-11(13)14-5-15-12(9)16-10(8)7(3)4;1-6(2)9-8-10(12)13-5-14-11(8)16(15-9)7(3)4;1-6(2)7-3-4-13-8(7)9(10)11-5-12-13;1-4(2)3;;;/h6-8H,1-4H3,(H2,13,14,15);5-7H,1-4H3,(H2-,13,14,15,16);5-7H,1-4H3,(H2,12,13,14);3-6H,1-2H3,(H2,10,11,12);4H,1-3H3;1H4;;/q2*-1;;;;;;. The van der Waals surface area contributed by atoms with Gasteiger partial charge in [-0.3, -0.25) is 4.98 Å². The van der Waals surface area contributed by atoms with Crippen LogP contribution in [0, 0.1) is 12.1 Å². The molecule has 0 atom stereocenters. The van der Waals surface area contributed by atoms with Crippen molar-refractivity contribution < 1.29 is 65.4 Å². The molecule has 0 saturated carbocycles. The van der Waals surface area contributed by atoms with Crippen molar-refractivity contribution in [2.75, 3.05) is 22.9 Å². The van der Waals surface area contributed by atoms with E-state index in [2.05, 4.69) is 174 Å². The zero-order valence-corrected chi connectivity index (χ0v) is 48.5. The molecule has 0 saturated heterocycles. The Bertz CT molecular complexity index is 2660. The zero-order valence-electron chi connectivity index (χ0n) is 42.9. The summed E-state index contributed by atoms with van der Waals surface area (Å²) in [6.07, 6.45) is 11.2. The first-order chi connectivity index (χ1) is 30.5. The molecule has 0 unspecified atom stereocenters. The summed E-state index contributed by atoms with van der Waals surface area (Å²) in [5.41, 5.74) is 32.4. The molecular formula is C49H77N17Y2-2. The predicted octanol–water partition coefficient (Wildman–Crippen LogP) is 10.8. The van der Waals surface area contributed by atoms with Gasteiger partial charge in [0.15, 0.2) is 11.5 Å². The van der Waals surface area contributed by atoms with E-state index in [1.807, 2.05) is 21.5 Å². The number of nitrogens with two attached hydrogens (primary N) is 4. The molecule has 0 aromatic carbocycles. The summed E-state index contributed by atoms with van der Waals surface area (Å²) in [7, 11) is 0. The summed E-state index contributed by atoms with van der Waals surface area (Å²) in [4.78, 5) is 33.4. The monoisotopic (exact) mass is 1080 g/mol. The van der Waals surface area contributed by atoms with Crippen LogP contribution in [0.3, 0.4) is 0 Å². The topological polar surface area (TPSA) is 248 Å². The summed E-state index contributed by atoms with van der Waals surface area (Å²) >= 11 is 0. The van der Waals surface area contributed by atoms with Gasteiger partial charge in [-0.2, -0.15) is 10.2 Å². The van der Waals surface area contributed by atoms with E-state index in [1.54, 1.807) is 4.52 Å². The average molecular weight is 1080 g/mol. The quantitative estimate of drug-likeness (QED) is 0.108. The number of hydrogen-bond acceptors (Lipinski definition) is 13. The van der Waals surface area contributed by atoms with Gasteiger partial charge in [-0.15, -0.1) is 5.56 Å². The fraction of sp³-hybridized carbons (Fsp3) is 0.531. The van der Waals surface area contributed by atoms with Crippen molar-refractivity contribution in [2.24, 2.45) is 5.92 Å². The second kappa shape index (κ2) is 27.3. The van der Waals surface area contributed by atoms with E-state index in [1.165, 1.54) is 36.4 Å². The number of aromatic nitrogens is 13. The Hall–Kier alpha value is -4.18. The molecular weight excluding hydrogens is 1000 g/mol. The second-order valence-corrected chi connectivity index (χ2v) is 18.9. The molecule has 0 fully saturated rings. The van der Waals surface area contributed by atoms with Gasteiger partial charge in [-0.05, 0) is 91.7 Å². The van der Waals surface area contributed by atoms with Crippen LogP contribution in [0.1, 0.15) is 195 Å². The van der Waals surface area contributed by atoms with Crippen LogP contribution in [0.2, 0.25) is 0 Å². The summed E-state index contributed by atoms with van der Waals surface area (Å²) in [5.74, 6) is 4.87. The number of hydrogen-bond donors (Lipinski definition) is 4. The first-order valence-corrected chi connectivity index (χ1v) is 22.7. The third-order valence-corrected chi connectivity index (χ3v) is 10.2. The smallest absolute Gasteiger partial charge is 0.163 e. The Balaban J connectivity index is 0.000000436. The minimum Gasteiger partial charge on any atom is -0.447 e. The van der Waals surface area contributed by atoms with E-state index < -0.39 is 0 Å². The van der Waals surface area contributed by atoms with Crippen LogP contribution in [0.4, 0.5) is 23.3 Å². The van der Waals surface area contributed by atoms with E-state index in [9.17, 15) is 0 Å². The van der Waals surface area contributed by atoms with Crippen LogP contribution >= 0.6 is 0 Å². The maximum Gasteiger partial charge on any atom is 0.163 e. The molecule has 17 nitrogen and oxygen atoms in total. The number of nitrogens with zero attached hydrogens (tertiary/aromatic N) is 13. The first-order valence-electron chi connectivity index (χ1n) is 22.7. The van der Waals surface area contributed by atoms with Crippen molar-refractivity contribution >= 4 is 61.9 Å². The third-order valence-electron chi connectivity index (χ3n) is 10.2. The maximum absolute atomic E-state index is 5.92. The molecule has 8 heterocycles. The normalized spacial score (nSPS) is 11.1. The second-order valence-electron chi connectivity index (χ2n) is 18.9. The molecule has 0 amide bonds. The molecule has 0 aliphatic heterocycles. The van der Waals surface area contributed by atoms with Gasteiger partial charge < -0.3 is 37.5 Å².